The number of aliphatic carboxylic acids is 1. The lowest BCUT2D eigenvalue weighted by Gasteiger charge is -2.07. The van der Waals surface area contributed by atoms with Gasteiger partial charge in [0.1, 0.15) is 0 Å². The predicted octanol–water partition coefficient (Wildman–Crippen LogP) is -0.0482. The summed E-state index contributed by atoms with van der Waals surface area (Å²) in [6.45, 7) is 0. The number of carboxylic acid groups (broad SMARTS) is 1. The van der Waals surface area contributed by atoms with E-state index in [2.05, 4.69) is 4.99 Å². The number of hydrogen-bond donors (Lipinski definition) is 6. The van der Waals surface area contributed by atoms with Gasteiger partial charge in [0, 0.05) is 20.2 Å². The van der Waals surface area contributed by atoms with Gasteiger partial charge in [0.05, 0.1) is 0 Å². The molecule has 0 radical (unpaired) electrons. The number of aromatic hydroxyl groups is 2. The Balaban J connectivity index is 0.000000433. The predicted molar refractivity (Wildman–Crippen MR) is 83.7 cm³/mol. The Morgan fingerprint density at radius 2 is 1.86 bits per heavy atom. The largest absolute Gasteiger partial charge is 0.504 e. The van der Waals surface area contributed by atoms with Crippen LogP contribution in [0.2, 0.25) is 0 Å². The van der Waals surface area contributed by atoms with E-state index in [0.717, 1.165) is 6.08 Å². The number of carbonyl (C=O) groups is 1. The van der Waals surface area contributed by atoms with Crippen molar-refractivity contribution in [3.63, 3.8) is 0 Å². The summed E-state index contributed by atoms with van der Waals surface area (Å²) in [4.78, 5) is 15.1. The van der Waals surface area contributed by atoms with E-state index >= 15 is 0 Å². The van der Waals surface area contributed by atoms with Crippen molar-refractivity contribution in [1.82, 2.24) is 4.90 Å². The minimum atomic E-state index is -1.06. The molecule has 0 unspecified atom stereocenters. The fourth-order valence-electron chi connectivity index (χ4n) is 1.03. The molecule has 0 heterocycles. The van der Waals surface area contributed by atoms with Crippen LogP contribution in [0.4, 0.5) is 0 Å². The number of nitrogens with zero attached hydrogens (tertiary/aromatic N) is 2. The molecule has 1 aromatic carbocycles. The molecule has 0 aliphatic rings. The maximum absolute atomic E-state index is 10.1. The van der Waals surface area contributed by atoms with Crippen molar-refractivity contribution in [2.45, 2.75) is 0 Å². The third kappa shape index (κ3) is 8.04. The fourth-order valence-corrected chi connectivity index (χ4v) is 1.03. The highest BCUT2D eigenvalue weighted by Gasteiger charge is 1.98. The number of hydrogen-bond acceptors (Lipinski definition) is 4. The van der Waals surface area contributed by atoms with Gasteiger partial charge in [-0.05, 0) is 23.8 Å². The first-order valence-corrected chi connectivity index (χ1v) is 5.92. The number of rotatable bonds is 2. The summed E-state index contributed by atoms with van der Waals surface area (Å²) >= 11 is 0. The van der Waals surface area contributed by atoms with Gasteiger partial charge in [-0.3, -0.25) is 5.41 Å². The molecule has 0 saturated heterocycles. The number of benzene rings is 1. The molecule has 0 spiro atoms. The molecule has 0 saturated carbocycles. The molecular weight excluding hydrogens is 290 g/mol. The minimum absolute atomic E-state index is 0.0509. The molecule has 0 atom stereocenters. The van der Waals surface area contributed by atoms with Gasteiger partial charge in [-0.15, -0.1) is 0 Å². The maximum atomic E-state index is 10.1. The Bertz CT molecular complexity index is 592. The second-order valence-electron chi connectivity index (χ2n) is 4.17. The van der Waals surface area contributed by atoms with Crippen molar-refractivity contribution in [1.29, 1.82) is 5.41 Å². The molecular formula is C13H19N5O4. The summed E-state index contributed by atoms with van der Waals surface area (Å²) in [6.07, 6.45) is 2.27. The second-order valence-corrected chi connectivity index (χ2v) is 4.17. The van der Waals surface area contributed by atoms with Crippen LogP contribution < -0.4 is 11.5 Å². The lowest BCUT2D eigenvalue weighted by Crippen LogP contribution is -2.28. The molecule has 1 rings (SSSR count). The third-order valence-corrected chi connectivity index (χ3v) is 2.08. The molecule has 0 aliphatic heterocycles. The minimum Gasteiger partial charge on any atom is -0.504 e. The van der Waals surface area contributed by atoms with Crippen LogP contribution in [-0.2, 0) is 4.79 Å². The summed E-state index contributed by atoms with van der Waals surface area (Å²) in [6, 6.07) is 4.06. The number of nitrogens with two attached hydrogens (primary N) is 2. The van der Waals surface area contributed by atoms with Crippen LogP contribution in [-0.4, -0.2) is 52.2 Å². The van der Waals surface area contributed by atoms with Crippen molar-refractivity contribution in [3.05, 3.63) is 29.8 Å². The van der Waals surface area contributed by atoms with Crippen molar-refractivity contribution in [2.24, 2.45) is 16.5 Å². The normalized spacial score (nSPS) is 9.55. The van der Waals surface area contributed by atoms with E-state index in [0.29, 0.717) is 5.56 Å². The summed E-state index contributed by atoms with van der Waals surface area (Å²) in [5.41, 5.74) is 10.5. The highest BCUT2D eigenvalue weighted by Crippen LogP contribution is 2.25. The molecule has 0 aromatic heterocycles. The number of nitrogens with one attached hydrogen (secondary N) is 1. The molecule has 9 nitrogen and oxygen atoms in total. The maximum Gasteiger partial charge on any atom is 0.328 e. The molecule has 0 bridgehead atoms. The van der Waals surface area contributed by atoms with Crippen molar-refractivity contribution >= 4 is 24.0 Å². The Morgan fingerprint density at radius 1 is 1.27 bits per heavy atom. The highest BCUT2D eigenvalue weighted by molar-refractivity contribution is 5.91. The molecule has 9 heteroatoms. The van der Waals surface area contributed by atoms with Crippen molar-refractivity contribution in [2.75, 3.05) is 14.1 Å². The number of phenols is 2. The topological polar surface area (TPSA) is 169 Å². The molecule has 0 amide bonds. The van der Waals surface area contributed by atoms with Gasteiger partial charge in [0.2, 0.25) is 5.96 Å². The van der Waals surface area contributed by atoms with E-state index in [1.54, 1.807) is 14.1 Å². The van der Waals surface area contributed by atoms with Gasteiger partial charge in [-0.25, -0.2) is 4.79 Å². The molecule has 120 valence electrons. The zero-order valence-corrected chi connectivity index (χ0v) is 12.2. The quantitative estimate of drug-likeness (QED) is 0.192. The zero-order chi connectivity index (χ0) is 17.3. The number of aliphatic imine (C=N–C) groups is 1. The molecule has 0 aliphatic carbocycles. The average Bonchev–Trinajstić information content (AvgIpc) is 2.40. The van der Waals surface area contributed by atoms with E-state index in [1.807, 2.05) is 0 Å². The SMILES string of the molecule is CN(C)C(=N)N=C(N)N.O=C(O)/C=C/c1ccc(O)c(O)c1. The van der Waals surface area contributed by atoms with Gasteiger partial charge in [-0.2, -0.15) is 4.99 Å². The zero-order valence-electron chi connectivity index (χ0n) is 12.2. The second kappa shape index (κ2) is 8.84. The Kier molecular flexibility index (Phi) is 7.55. The van der Waals surface area contributed by atoms with Gasteiger partial charge in [0.25, 0.3) is 0 Å². The van der Waals surface area contributed by atoms with E-state index < -0.39 is 5.97 Å². The smallest absolute Gasteiger partial charge is 0.328 e. The molecule has 22 heavy (non-hydrogen) atoms. The van der Waals surface area contributed by atoms with E-state index in [4.69, 9.17) is 32.2 Å². The number of phenolic OH excluding ortho intramolecular Hbond substituents is 2. The van der Waals surface area contributed by atoms with Gasteiger partial charge in [-0.1, -0.05) is 6.07 Å². The van der Waals surface area contributed by atoms with Gasteiger partial charge < -0.3 is 31.7 Å². The first kappa shape index (κ1) is 18.8. The van der Waals surface area contributed by atoms with Crippen LogP contribution in [0.3, 0.4) is 0 Å². The van der Waals surface area contributed by atoms with E-state index in [1.165, 1.54) is 29.2 Å². The number of carboxylic acids is 1. The molecule has 1 aromatic rings. The van der Waals surface area contributed by atoms with Crippen LogP contribution in [0.25, 0.3) is 6.08 Å². The lowest BCUT2D eigenvalue weighted by atomic mass is 10.2. The van der Waals surface area contributed by atoms with Crippen LogP contribution in [0.5, 0.6) is 11.5 Å². The van der Waals surface area contributed by atoms with Crippen LogP contribution in [0.1, 0.15) is 5.56 Å². The van der Waals surface area contributed by atoms with E-state index in [9.17, 15) is 4.79 Å². The molecule has 0 fully saturated rings. The Hall–Kier alpha value is -3.23. The summed E-state index contributed by atoms with van der Waals surface area (Å²) in [7, 11) is 3.38. The van der Waals surface area contributed by atoms with Crippen LogP contribution >= 0.6 is 0 Å². The summed E-state index contributed by atoms with van der Waals surface area (Å²) in [5.74, 6) is -1.60. The summed E-state index contributed by atoms with van der Waals surface area (Å²) in [5, 5.41) is 33.3. The van der Waals surface area contributed by atoms with Crippen LogP contribution in [0, 0.1) is 5.41 Å². The Labute approximate surface area is 127 Å². The molecule has 8 N–H and O–H groups in total. The van der Waals surface area contributed by atoms with E-state index in [-0.39, 0.29) is 23.4 Å². The summed E-state index contributed by atoms with van der Waals surface area (Å²) < 4.78 is 0. The monoisotopic (exact) mass is 309 g/mol. The highest BCUT2D eigenvalue weighted by atomic mass is 16.4. The fraction of sp³-hybridized carbons (Fsp3) is 0.154. The number of guanidine groups is 2. The lowest BCUT2D eigenvalue weighted by molar-refractivity contribution is -0.131. The van der Waals surface area contributed by atoms with Crippen LogP contribution in [0.15, 0.2) is 29.3 Å². The van der Waals surface area contributed by atoms with Gasteiger partial charge in [0.15, 0.2) is 17.5 Å². The first-order valence-electron chi connectivity index (χ1n) is 5.92. The van der Waals surface area contributed by atoms with Crippen molar-refractivity contribution in [3.8, 4) is 11.5 Å². The first-order chi connectivity index (χ1) is 10.1. The van der Waals surface area contributed by atoms with Crippen molar-refractivity contribution < 1.29 is 20.1 Å². The average molecular weight is 309 g/mol. The Morgan fingerprint density at radius 3 is 2.23 bits per heavy atom. The standard InChI is InChI=1S/C9H8O4.C4H11N5/c10-7-3-1-6(5-8(7)11)2-4-9(12)13;1-9(2)4(7)8-3(5)6/h1-5,10-11H,(H,12,13);1-2H3,(H5,5,6,7,8)/b4-2+;. The third-order valence-electron chi connectivity index (χ3n) is 2.08. The van der Waals surface area contributed by atoms with Gasteiger partial charge >= 0.3 is 5.97 Å².